The summed E-state index contributed by atoms with van der Waals surface area (Å²) >= 11 is 5.79. The third-order valence-corrected chi connectivity index (χ3v) is 2.29. The highest BCUT2D eigenvalue weighted by atomic mass is 35.5. The van der Waals surface area contributed by atoms with E-state index in [4.69, 9.17) is 11.6 Å². The average Bonchev–Trinajstić information content (AvgIpc) is 2.57. The van der Waals surface area contributed by atoms with E-state index in [0.29, 0.717) is 5.02 Å². The lowest BCUT2D eigenvalue weighted by molar-refractivity contribution is 0.475. The van der Waals surface area contributed by atoms with Crippen molar-refractivity contribution in [1.82, 2.24) is 9.78 Å². The third-order valence-electron chi connectivity index (χ3n) is 1.99. The first-order valence-corrected chi connectivity index (χ1v) is 4.52. The molecule has 72 valence electrons. The zero-order chi connectivity index (χ0) is 10.1. The molecule has 0 radical (unpaired) electrons. The minimum Gasteiger partial charge on any atom is -0.506 e. The third kappa shape index (κ3) is 1.59. The van der Waals surface area contributed by atoms with Gasteiger partial charge < -0.3 is 5.11 Å². The normalized spacial score (nSPS) is 10.4. The first-order valence-electron chi connectivity index (χ1n) is 4.14. The Hall–Kier alpha value is -1.48. The zero-order valence-electron chi connectivity index (χ0n) is 7.61. The van der Waals surface area contributed by atoms with Gasteiger partial charge in [-0.25, -0.2) is 0 Å². The molecular formula is C10H9ClN2O. The number of halogens is 1. The molecule has 2 aromatic rings. The maximum Gasteiger partial charge on any atom is 0.134 e. The first kappa shape index (κ1) is 9.09. The molecule has 0 aliphatic carbocycles. The Morgan fingerprint density at radius 2 is 2.14 bits per heavy atom. The Morgan fingerprint density at radius 1 is 1.36 bits per heavy atom. The van der Waals surface area contributed by atoms with Crippen molar-refractivity contribution in [2.45, 2.75) is 0 Å². The number of hydrogen-bond donors (Lipinski definition) is 1. The van der Waals surface area contributed by atoms with Gasteiger partial charge in [-0.2, -0.15) is 5.10 Å². The van der Waals surface area contributed by atoms with Gasteiger partial charge >= 0.3 is 0 Å². The Balaban J connectivity index is 2.47. The average molecular weight is 209 g/mol. The number of rotatable bonds is 1. The molecule has 14 heavy (non-hydrogen) atoms. The molecule has 0 aliphatic rings. The molecule has 1 aromatic carbocycles. The van der Waals surface area contributed by atoms with Gasteiger partial charge in [-0.1, -0.05) is 17.7 Å². The summed E-state index contributed by atoms with van der Waals surface area (Å²) in [6, 6.07) is 5.09. The summed E-state index contributed by atoms with van der Waals surface area (Å²) in [5.41, 5.74) is 1.93. The van der Waals surface area contributed by atoms with Crippen molar-refractivity contribution in [3.05, 3.63) is 35.6 Å². The molecule has 3 nitrogen and oxygen atoms in total. The van der Waals surface area contributed by atoms with E-state index >= 15 is 0 Å². The molecule has 0 saturated carbocycles. The monoisotopic (exact) mass is 208 g/mol. The van der Waals surface area contributed by atoms with Gasteiger partial charge in [-0.05, 0) is 17.7 Å². The Morgan fingerprint density at radius 3 is 2.71 bits per heavy atom. The fourth-order valence-corrected chi connectivity index (χ4v) is 1.44. The molecule has 0 fully saturated rings. The standard InChI is InChI=1S/C10H9ClN2O/c1-13-6-8(5-12-13)7-2-3-10(14)9(11)4-7/h2-6,14H,1H3. The Labute approximate surface area is 86.6 Å². The first-order chi connectivity index (χ1) is 6.66. The number of phenolic OH excluding ortho intramolecular Hbond substituents is 1. The van der Waals surface area contributed by atoms with Crippen molar-refractivity contribution in [1.29, 1.82) is 0 Å². The summed E-state index contributed by atoms with van der Waals surface area (Å²) in [6.45, 7) is 0. The predicted molar refractivity (Wildman–Crippen MR) is 55.3 cm³/mol. The second kappa shape index (κ2) is 3.35. The molecule has 1 heterocycles. The van der Waals surface area contributed by atoms with Gasteiger partial charge in [0.15, 0.2) is 0 Å². The fraction of sp³-hybridized carbons (Fsp3) is 0.100. The number of aryl methyl sites for hydroxylation is 1. The van der Waals surface area contributed by atoms with Crippen molar-refractivity contribution in [2.24, 2.45) is 7.05 Å². The highest BCUT2D eigenvalue weighted by Gasteiger charge is 2.03. The summed E-state index contributed by atoms with van der Waals surface area (Å²) in [5.74, 6) is 0.0966. The van der Waals surface area contributed by atoms with Crippen molar-refractivity contribution in [2.75, 3.05) is 0 Å². The van der Waals surface area contributed by atoms with Crippen LogP contribution >= 0.6 is 11.6 Å². The Bertz CT molecular complexity index is 465. The number of aromatic hydroxyl groups is 1. The van der Waals surface area contributed by atoms with E-state index in [1.54, 1.807) is 29.1 Å². The van der Waals surface area contributed by atoms with Crippen molar-refractivity contribution in [3.8, 4) is 16.9 Å². The molecule has 0 atom stereocenters. The van der Waals surface area contributed by atoms with Crippen LogP contribution in [-0.2, 0) is 7.05 Å². The van der Waals surface area contributed by atoms with Crippen LogP contribution in [0.1, 0.15) is 0 Å². The zero-order valence-corrected chi connectivity index (χ0v) is 8.36. The second-order valence-corrected chi connectivity index (χ2v) is 3.48. The van der Waals surface area contributed by atoms with Crippen LogP contribution < -0.4 is 0 Å². The number of aromatic nitrogens is 2. The summed E-state index contributed by atoms with van der Waals surface area (Å²) in [6.07, 6.45) is 3.64. The quantitative estimate of drug-likeness (QED) is 0.782. The highest BCUT2D eigenvalue weighted by Crippen LogP contribution is 2.28. The molecule has 0 saturated heterocycles. The summed E-state index contributed by atoms with van der Waals surface area (Å²) in [5, 5.41) is 13.7. The summed E-state index contributed by atoms with van der Waals surface area (Å²) in [7, 11) is 1.85. The second-order valence-electron chi connectivity index (χ2n) is 3.07. The minimum atomic E-state index is 0.0966. The van der Waals surface area contributed by atoms with E-state index in [9.17, 15) is 5.11 Å². The van der Waals surface area contributed by atoms with E-state index in [2.05, 4.69) is 5.10 Å². The molecule has 1 N–H and O–H groups in total. The molecule has 2 rings (SSSR count). The molecule has 0 bridgehead atoms. The SMILES string of the molecule is Cn1cc(-c2ccc(O)c(Cl)c2)cn1. The molecule has 0 unspecified atom stereocenters. The van der Waals surface area contributed by atoms with Crippen molar-refractivity contribution >= 4 is 11.6 Å². The van der Waals surface area contributed by atoms with Crippen LogP contribution in [0.5, 0.6) is 5.75 Å². The number of benzene rings is 1. The van der Waals surface area contributed by atoms with E-state index in [1.807, 2.05) is 13.2 Å². The van der Waals surface area contributed by atoms with Gasteiger partial charge in [0.2, 0.25) is 0 Å². The van der Waals surface area contributed by atoms with Gasteiger partial charge in [-0.3, -0.25) is 4.68 Å². The maximum absolute atomic E-state index is 9.24. The lowest BCUT2D eigenvalue weighted by atomic mass is 10.1. The van der Waals surface area contributed by atoms with Gasteiger partial charge in [-0.15, -0.1) is 0 Å². The molecule has 4 heteroatoms. The minimum absolute atomic E-state index is 0.0966. The molecule has 0 spiro atoms. The van der Waals surface area contributed by atoms with Crippen LogP contribution in [0.15, 0.2) is 30.6 Å². The topological polar surface area (TPSA) is 38.0 Å². The molecule has 0 aliphatic heterocycles. The summed E-state index contributed by atoms with van der Waals surface area (Å²) < 4.78 is 1.72. The highest BCUT2D eigenvalue weighted by molar-refractivity contribution is 6.32. The predicted octanol–water partition coefficient (Wildman–Crippen LogP) is 2.45. The fourth-order valence-electron chi connectivity index (χ4n) is 1.26. The van der Waals surface area contributed by atoms with Crippen molar-refractivity contribution in [3.63, 3.8) is 0 Å². The number of phenols is 1. The largest absolute Gasteiger partial charge is 0.506 e. The number of nitrogens with zero attached hydrogens (tertiary/aromatic N) is 2. The number of hydrogen-bond acceptors (Lipinski definition) is 2. The van der Waals surface area contributed by atoms with E-state index < -0.39 is 0 Å². The van der Waals surface area contributed by atoms with Crippen LogP contribution in [0.2, 0.25) is 5.02 Å². The van der Waals surface area contributed by atoms with Crippen LogP contribution in [0.3, 0.4) is 0 Å². The Kier molecular flexibility index (Phi) is 2.17. The molecule has 0 amide bonds. The van der Waals surface area contributed by atoms with Gasteiger partial charge in [0.1, 0.15) is 5.75 Å². The van der Waals surface area contributed by atoms with Crippen molar-refractivity contribution < 1.29 is 5.11 Å². The van der Waals surface area contributed by atoms with E-state index in [0.717, 1.165) is 11.1 Å². The summed E-state index contributed by atoms with van der Waals surface area (Å²) in [4.78, 5) is 0. The maximum atomic E-state index is 9.24. The smallest absolute Gasteiger partial charge is 0.134 e. The van der Waals surface area contributed by atoms with E-state index in [-0.39, 0.29) is 5.75 Å². The van der Waals surface area contributed by atoms with Crippen LogP contribution in [0.25, 0.3) is 11.1 Å². The van der Waals surface area contributed by atoms with Gasteiger partial charge in [0.25, 0.3) is 0 Å². The molecular weight excluding hydrogens is 200 g/mol. The van der Waals surface area contributed by atoms with Crippen LogP contribution in [0, 0.1) is 0 Å². The van der Waals surface area contributed by atoms with Crippen LogP contribution in [-0.4, -0.2) is 14.9 Å². The van der Waals surface area contributed by atoms with Gasteiger partial charge in [0.05, 0.1) is 11.2 Å². The van der Waals surface area contributed by atoms with Crippen LogP contribution in [0.4, 0.5) is 0 Å². The molecule has 1 aromatic heterocycles. The lowest BCUT2D eigenvalue weighted by Crippen LogP contribution is -1.84. The van der Waals surface area contributed by atoms with E-state index in [1.165, 1.54) is 0 Å². The lowest BCUT2D eigenvalue weighted by Gasteiger charge is -1.99. The van der Waals surface area contributed by atoms with Gasteiger partial charge in [0, 0.05) is 18.8 Å².